The van der Waals surface area contributed by atoms with Gasteiger partial charge in [-0.25, -0.2) is 4.79 Å². The van der Waals surface area contributed by atoms with Crippen LogP contribution in [-0.4, -0.2) is 17.1 Å². The fourth-order valence-corrected chi connectivity index (χ4v) is 3.05. The Morgan fingerprint density at radius 1 is 1.40 bits per heavy atom. The van der Waals surface area contributed by atoms with Crippen LogP contribution in [0.3, 0.4) is 0 Å². The second-order valence-corrected chi connectivity index (χ2v) is 5.92. The Labute approximate surface area is 120 Å². The average molecular weight is 279 g/mol. The molecule has 0 bridgehead atoms. The van der Waals surface area contributed by atoms with Gasteiger partial charge in [-0.1, -0.05) is 25.7 Å². The van der Waals surface area contributed by atoms with Gasteiger partial charge in [0.1, 0.15) is 5.76 Å². The van der Waals surface area contributed by atoms with Crippen LogP contribution in [0.25, 0.3) is 0 Å². The highest BCUT2D eigenvalue weighted by atomic mass is 16.4. The van der Waals surface area contributed by atoms with Gasteiger partial charge < -0.3 is 14.8 Å². The van der Waals surface area contributed by atoms with E-state index in [9.17, 15) is 4.79 Å². The van der Waals surface area contributed by atoms with E-state index >= 15 is 0 Å². The molecule has 2 rings (SSSR count). The number of aryl methyl sites for hydroxylation is 1. The number of nitrogens with one attached hydrogen (secondary N) is 1. The van der Waals surface area contributed by atoms with Crippen LogP contribution in [0.4, 0.5) is 0 Å². The highest BCUT2D eigenvalue weighted by Gasteiger charge is 2.19. The summed E-state index contributed by atoms with van der Waals surface area (Å²) >= 11 is 0. The Morgan fingerprint density at radius 3 is 2.60 bits per heavy atom. The van der Waals surface area contributed by atoms with Crippen LogP contribution >= 0.6 is 0 Å². The van der Waals surface area contributed by atoms with Crippen molar-refractivity contribution in [2.24, 2.45) is 5.92 Å². The summed E-state index contributed by atoms with van der Waals surface area (Å²) in [5, 5.41) is 12.5. The summed E-state index contributed by atoms with van der Waals surface area (Å²) in [7, 11) is 0. The zero-order valence-electron chi connectivity index (χ0n) is 12.4. The van der Waals surface area contributed by atoms with Crippen LogP contribution in [0.15, 0.2) is 10.5 Å². The Kier molecular flexibility index (Phi) is 5.24. The summed E-state index contributed by atoms with van der Waals surface area (Å²) < 4.78 is 5.23. The van der Waals surface area contributed by atoms with Crippen LogP contribution in [0, 0.1) is 12.8 Å². The van der Waals surface area contributed by atoms with Crippen molar-refractivity contribution in [3.63, 3.8) is 0 Å². The summed E-state index contributed by atoms with van der Waals surface area (Å²) in [6, 6.07) is 2.10. The predicted molar refractivity (Wildman–Crippen MR) is 77.9 cm³/mol. The third-order valence-corrected chi connectivity index (χ3v) is 4.45. The van der Waals surface area contributed by atoms with Crippen molar-refractivity contribution in [1.29, 1.82) is 0 Å². The minimum atomic E-state index is -1.00. The van der Waals surface area contributed by atoms with E-state index < -0.39 is 5.97 Å². The zero-order valence-corrected chi connectivity index (χ0v) is 12.4. The third kappa shape index (κ3) is 3.85. The van der Waals surface area contributed by atoms with Crippen molar-refractivity contribution >= 4 is 5.97 Å². The van der Waals surface area contributed by atoms with E-state index in [1.165, 1.54) is 38.5 Å². The number of carbonyl (C=O) groups is 1. The van der Waals surface area contributed by atoms with Gasteiger partial charge in [-0.2, -0.15) is 0 Å². The van der Waals surface area contributed by atoms with Gasteiger partial charge in [-0.3, -0.25) is 0 Å². The van der Waals surface area contributed by atoms with Gasteiger partial charge in [0, 0.05) is 18.2 Å². The molecule has 0 amide bonds. The minimum Gasteiger partial charge on any atom is -0.475 e. The number of carboxylic acid groups (broad SMARTS) is 1. The number of carboxylic acids is 1. The van der Waals surface area contributed by atoms with Gasteiger partial charge >= 0.3 is 5.97 Å². The highest BCUT2D eigenvalue weighted by molar-refractivity contribution is 5.84. The summed E-state index contributed by atoms with van der Waals surface area (Å²) in [5.74, 6) is 0.462. The third-order valence-electron chi connectivity index (χ3n) is 4.45. The first-order valence-electron chi connectivity index (χ1n) is 7.64. The molecule has 0 saturated heterocycles. The Morgan fingerprint density at radius 2 is 2.05 bits per heavy atom. The van der Waals surface area contributed by atoms with Gasteiger partial charge in [0.2, 0.25) is 5.76 Å². The lowest BCUT2D eigenvalue weighted by Gasteiger charge is -2.23. The molecular weight excluding hydrogens is 254 g/mol. The van der Waals surface area contributed by atoms with Crippen molar-refractivity contribution < 1.29 is 14.3 Å². The molecule has 1 fully saturated rings. The molecule has 20 heavy (non-hydrogen) atoms. The van der Waals surface area contributed by atoms with Crippen molar-refractivity contribution in [2.75, 3.05) is 0 Å². The molecule has 2 N–H and O–H groups in total. The topological polar surface area (TPSA) is 62.5 Å². The number of hydrogen-bond donors (Lipinski definition) is 2. The molecule has 0 aliphatic heterocycles. The first-order chi connectivity index (χ1) is 9.58. The standard InChI is InChI=1S/C16H25NO3/c1-11(13-7-5-3-4-6-8-13)17-10-14-9-15(16(18)19)20-12(14)2/h9,11,13,17H,3-8,10H2,1-2H3,(H,18,19)/t11-/m1/s1. The SMILES string of the molecule is Cc1oc(C(=O)O)cc1CN[C@H](C)C1CCCCCC1. The number of aromatic carboxylic acids is 1. The molecule has 1 aromatic rings. The maximum absolute atomic E-state index is 10.9. The smallest absolute Gasteiger partial charge is 0.371 e. The maximum atomic E-state index is 10.9. The number of rotatable bonds is 5. The van der Waals surface area contributed by atoms with E-state index in [1.54, 1.807) is 6.07 Å². The second-order valence-electron chi connectivity index (χ2n) is 5.92. The van der Waals surface area contributed by atoms with E-state index in [4.69, 9.17) is 9.52 Å². The van der Waals surface area contributed by atoms with Crippen LogP contribution < -0.4 is 5.32 Å². The fourth-order valence-electron chi connectivity index (χ4n) is 3.05. The van der Waals surface area contributed by atoms with Gasteiger partial charge in [-0.05, 0) is 38.7 Å². The molecule has 1 atom stereocenters. The van der Waals surface area contributed by atoms with Gasteiger partial charge in [-0.15, -0.1) is 0 Å². The molecule has 0 unspecified atom stereocenters. The molecule has 1 saturated carbocycles. The lowest BCUT2D eigenvalue weighted by Crippen LogP contribution is -2.33. The fraction of sp³-hybridized carbons (Fsp3) is 0.688. The van der Waals surface area contributed by atoms with Crippen molar-refractivity contribution in [3.05, 3.63) is 23.2 Å². The van der Waals surface area contributed by atoms with E-state index in [0.717, 1.165) is 11.5 Å². The van der Waals surface area contributed by atoms with Crippen molar-refractivity contribution in [1.82, 2.24) is 5.32 Å². The average Bonchev–Trinajstić information content (AvgIpc) is 2.64. The Hall–Kier alpha value is -1.29. The van der Waals surface area contributed by atoms with Crippen LogP contribution in [-0.2, 0) is 6.54 Å². The van der Waals surface area contributed by atoms with Crippen LogP contribution in [0.5, 0.6) is 0 Å². The van der Waals surface area contributed by atoms with E-state index in [-0.39, 0.29) is 5.76 Å². The number of furan rings is 1. The molecule has 0 aromatic carbocycles. The Balaban J connectivity index is 1.89. The first-order valence-corrected chi connectivity index (χ1v) is 7.64. The summed E-state index contributed by atoms with van der Waals surface area (Å²) in [6.45, 7) is 4.74. The number of hydrogen-bond acceptors (Lipinski definition) is 3. The zero-order chi connectivity index (χ0) is 14.5. The van der Waals surface area contributed by atoms with E-state index in [1.807, 2.05) is 6.92 Å². The quantitative estimate of drug-likeness (QED) is 0.806. The van der Waals surface area contributed by atoms with Gasteiger partial charge in [0.25, 0.3) is 0 Å². The molecule has 4 heteroatoms. The molecule has 1 aliphatic rings. The first kappa shape index (κ1) is 15.1. The van der Waals surface area contributed by atoms with Crippen LogP contribution in [0.1, 0.15) is 67.3 Å². The molecule has 1 aliphatic carbocycles. The van der Waals surface area contributed by atoms with E-state index in [2.05, 4.69) is 12.2 Å². The molecule has 1 aromatic heterocycles. The minimum absolute atomic E-state index is 0.0291. The molecule has 4 nitrogen and oxygen atoms in total. The molecule has 0 radical (unpaired) electrons. The normalized spacial score (nSPS) is 18.7. The summed E-state index contributed by atoms with van der Waals surface area (Å²) in [4.78, 5) is 10.9. The Bertz CT molecular complexity index is 445. The lowest BCUT2D eigenvalue weighted by atomic mass is 9.93. The van der Waals surface area contributed by atoms with Crippen molar-refractivity contribution in [2.45, 2.75) is 65.0 Å². The molecule has 112 valence electrons. The lowest BCUT2D eigenvalue weighted by molar-refractivity contribution is 0.0661. The predicted octanol–water partition coefficient (Wildman–Crippen LogP) is 3.73. The second kappa shape index (κ2) is 6.93. The molecular formula is C16H25NO3. The van der Waals surface area contributed by atoms with Crippen LogP contribution in [0.2, 0.25) is 0 Å². The van der Waals surface area contributed by atoms with Crippen molar-refractivity contribution in [3.8, 4) is 0 Å². The summed E-state index contributed by atoms with van der Waals surface area (Å²) in [6.07, 6.45) is 8.02. The largest absolute Gasteiger partial charge is 0.475 e. The summed E-state index contributed by atoms with van der Waals surface area (Å²) in [5.41, 5.74) is 0.947. The van der Waals surface area contributed by atoms with E-state index in [0.29, 0.717) is 18.3 Å². The molecule has 1 heterocycles. The van der Waals surface area contributed by atoms with Gasteiger partial charge in [0.15, 0.2) is 0 Å². The monoisotopic (exact) mass is 279 g/mol. The maximum Gasteiger partial charge on any atom is 0.371 e. The molecule has 0 spiro atoms. The van der Waals surface area contributed by atoms with Gasteiger partial charge in [0.05, 0.1) is 0 Å². The highest BCUT2D eigenvalue weighted by Crippen LogP contribution is 2.25.